The molecule has 3 unspecified atom stereocenters. The van der Waals surface area contributed by atoms with Crippen LogP contribution in [0.5, 0.6) is 5.88 Å². The number of aryl methyl sites for hydroxylation is 1. The van der Waals surface area contributed by atoms with Gasteiger partial charge in [-0.15, -0.1) is 0 Å². The van der Waals surface area contributed by atoms with Gasteiger partial charge in [-0.25, -0.2) is 14.2 Å². The van der Waals surface area contributed by atoms with E-state index in [9.17, 15) is 4.79 Å². The van der Waals surface area contributed by atoms with Crippen molar-refractivity contribution < 1.29 is 18.7 Å². The number of pyridine rings is 2. The Kier molecular flexibility index (Phi) is 7.89. The second-order valence-electron chi connectivity index (χ2n) is 10.4. The summed E-state index contributed by atoms with van der Waals surface area (Å²) in [5, 5.41) is 3.83. The first-order valence-electron chi connectivity index (χ1n) is 12.0. The first-order valence-corrected chi connectivity index (χ1v) is 12.4. The van der Waals surface area contributed by atoms with Gasteiger partial charge in [0.25, 0.3) is 0 Å². The highest BCUT2D eigenvalue weighted by molar-refractivity contribution is 6.30. The lowest BCUT2D eigenvalue weighted by atomic mass is 9.99. The van der Waals surface area contributed by atoms with Gasteiger partial charge >= 0.3 is 6.09 Å². The Hall–Kier alpha value is -2.55. The van der Waals surface area contributed by atoms with Crippen molar-refractivity contribution in [3.05, 3.63) is 16.5 Å². The van der Waals surface area contributed by atoms with Gasteiger partial charge in [-0.1, -0.05) is 18.5 Å². The quantitative estimate of drug-likeness (QED) is 0.524. The van der Waals surface area contributed by atoms with Crippen molar-refractivity contribution in [3.63, 3.8) is 0 Å². The molecule has 0 saturated carbocycles. The summed E-state index contributed by atoms with van der Waals surface area (Å²) in [5.41, 5.74) is 0.0141. The lowest BCUT2D eigenvalue weighted by Gasteiger charge is -2.35. The van der Waals surface area contributed by atoms with Gasteiger partial charge in [0.05, 0.1) is 5.39 Å². The summed E-state index contributed by atoms with van der Waals surface area (Å²) in [7, 11) is 3.69. The maximum absolute atomic E-state index is 15.4. The normalized spacial score (nSPS) is 21.1. The lowest BCUT2D eigenvalue weighted by Crippen LogP contribution is -2.48. The highest BCUT2D eigenvalue weighted by Gasteiger charge is 2.33. The molecule has 0 aliphatic carbocycles. The summed E-state index contributed by atoms with van der Waals surface area (Å²) < 4.78 is 27.4. The molecule has 8 nitrogen and oxygen atoms in total. The van der Waals surface area contributed by atoms with Crippen LogP contribution in [0, 0.1) is 18.7 Å². The van der Waals surface area contributed by atoms with Gasteiger partial charge in [-0.2, -0.15) is 4.98 Å². The molecule has 2 aromatic heterocycles. The van der Waals surface area contributed by atoms with Crippen LogP contribution >= 0.6 is 11.6 Å². The Balaban J connectivity index is 2.20. The standard InChI is InChI=1S/C25H37ClFN5O3/c1-10-16-12-32(24(33)35-25(5,6)7)13(2)11-28-21-18-17(14(3)22(30-21)31(8)9)19(27)20(26)29-23(18)34-15(16)4/h13,15-16H,10-12H2,1-9H3,(H,28,30). The monoisotopic (exact) mass is 509 g/mol. The first-order chi connectivity index (χ1) is 16.2. The number of hydrogen-bond donors (Lipinski definition) is 1. The Bertz CT molecular complexity index is 1110. The van der Waals surface area contributed by atoms with Gasteiger partial charge in [0.1, 0.15) is 23.3 Å². The van der Waals surface area contributed by atoms with Crippen LogP contribution in [0.15, 0.2) is 0 Å². The van der Waals surface area contributed by atoms with Gasteiger partial charge in [0, 0.05) is 50.1 Å². The number of hydrogen-bond acceptors (Lipinski definition) is 7. The Morgan fingerprint density at radius 3 is 2.51 bits per heavy atom. The van der Waals surface area contributed by atoms with Gasteiger partial charge in [-0.3, -0.25) is 0 Å². The molecular formula is C25H37ClFN5O3. The van der Waals surface area contributed by atoms with Crippen molar-refractivity contribution in [1.82, 2.24) is 14.9 Å². The third kappa shape index (κ3) is 5.66. The van der Waals surface area contributed by atoms with E-state index < -0.39 is 17.5 Å². The zero-order valence-electron chi connectivity index (χ0n) is 22.1. The molecule has 0 spiro atoms. The fourth-order valence-electron chi connectivity index (χ4n) is 4.34. The third-order valence-electron chi connectivity index (χ3n) is 6.29. The number of carbonyl (C=O) groups excluding carboxylic acids is 1. The molecule has 1 N–H and O–H groups in total. The van der Waals surface area contributed by atoms with E-state index in [1.54, 1.807) is 11.8 Å². The molecule has 0 aromatic carbocycles. The molecule has 0 fully saturated rings. The minimum Gasteiger partial charge on any atom is -0.474 e. The summed E-state index contributed by atoms with van der Waals surface area (Å²) in [6.07, 6.45) is 0.0223. The van der Waals surface area contributed by atoms with Crippen LogP contribution in [0.25, 0.3) is 10.8 Å². The Morgan fingerprint density at radius 1 is 1.29 bits per heavy atom. The SMILES string of the molecule is CCC1CN(C(=O)OC(C)(C)C)C(C)CNc2nc(N(C)C)c(C)c3c(F)c(Cl)nc(c23)OC1C. The molecule has 1 aliphatic rings. The average molecular weight is 510 g/mol. The van der Waals surface area contributed by atoms with Crippen LogP contribution in [0.2, 0.25) is 5.15 Å². The molecule has 194 valence electrons. The Morgan fingerprint density at radius 2 is 1.94 bits per heavy atom. The number of nitrogens with one attached hydrogen (secondary N) is 1. The van der Waals surface area contributed by atoms with Crippen molar-refractivity contribution in [1.29, 1.82) is 0 Å². The molecular weight excluding hydrogens is 473 g/mol. The highest BCUT2D eigenvalue weighted by Crippen LogP contribution is 2.40. The van der Waals surface area contributed by atoms with Crippen molar-refractivity contribution >= 4 is 40.1 Å². The maximum Gasteiger partial charge on any atom is 0.410 e. The van der Waals surface area contributed by atoms with Crippen molar-refractivity contribution in [2.45, 2.75) is 72.6 Å². The molecule has 3 atom stereocenters. The Labute approximate surface area is 212 Å². The van der Waals surface area contributed by atoms with E-state index in [2.05, 4.69) is 10.3 Å². The molecule has 0 bridgehead atoms. The summed E-state index contributed by atoms with van der Waals surface area (Å²) >= 11 is 6.23. The number of anilines is 2. The predicted octanol–water partition coefficient (Wildman–Crippen LogP) is 5.64. The summed E-state index contributed by atoms with van der Waals surface area (Å²) in [5.74, 6) is 0.600. The largest absolute Gasteiger partial charge is 0.474 e. The lowest BCUT2D eigenvalue weighted by molar-refractivity contribution is 0.00932. The number of ether oxygens (including phenoxy) is 2. The topological polar surface area (TPSA) is 79.8 Å². The van der Waals surface area contributed by atoms with E-state index in [1.165, 1.54) is 0 Å². The zero-order chi connectivity index (χ0) is 26.2. The van der Waals surface area contributed by atoms with Crippen LogP contribution in [0.1, 0.15) is 53.5 Å². The zero-order valence-corrected chi connectivity index (χ0v) is 22.9. The molecule has 2 aromatic rings. The molecule has 1 aliphatic heterocycles. The van der Waals surface area contributed by atoms with Crippen LogP contribution < -0.4 is 15.0 Å². The molecule has 0 saturated heterocycles. The number of nitrogens with zero attached hydrogens (tertiary/aromatic N) is 4. The molecule has 35 heavy (non-hydrogen) atoms. The van der Waals surface area contributed by atoms with Crippen LogP contribution in [0.3, 0.4) is 0 Å². The molecule has 10 heteroatoms. The summed E-state index contributed by atoms with van der Waals surface area (Å²) in [6.45, 7) is 14.1. The van der Waals surface area contributed by atoms with E-state index in [-0.39, 0.29) is 29.1 Å². The van der Waals surface area contributed by atoms with Gasteiger partial charge in [-0.05, 0) is 48.0 Å². The van der Waals surface area contributed by atoms with Gasteiger partial charge in [0.2, 0.25) is 5.88 Å². The number of carbonyl (C=O) groups is 1. The number of halogens is 2. The van der Waals surface area contributed by atoms with Crippen LogP contribution in [0.4, 0.5) is 20.8 Å². The minimum atomic E-state index is -0.625. The maximum atomic E-state index is 15.4. The van der Waals surface area contributed by atoms with Crippen LogP contribution in [-0.4, -0.2) is 65.9 Å². The van der Waals surface area contributed by atoms with Crippen LogP contribution in [-0.2, 0) is 4.74 Å². The number of amides is 1. The van der Waals surface area contributed by atoms with E-state index in [0.717, 1.165) is 6.42 Å². The number of rotatable bonds is 2. The second kappa shape index (κ2) is 10.2. The van der Waals surface area contributed by atoms with E-state index in [4.69, 9.17) is 26.1 Å². The molecule has 3 heterocycles. The smallest absolute Gasteiger partial charge is 0.410 e. The fraction of sp³-hybridized carbons (Fsp3) is 0.640. The predicted molar refractivity (Wildman–Crippen MR) is 138 cm³/mol. The van der Waals surface area contributed by atoms with Crippen molar-refractivity contribution in [2.24, 2.45) is 5.92 Å². The minimum absolute atomic E-state index is 0.0256. The van der Waals surface area contributed by atoms with Crippen molar-refractivity contribution in [2.75, 3.05) is 37.4 Å². The molecule has 0 radical (unpaired) electrons. The van der Waals surface area contributed by atoms with Gasteiger partial charge < -0.3 is 24.6 Å². The fourth-order valence-corrected chi connectivity index (χ4v) is 4.51. The summed E-state index contributed by atoms with van der Waals surface area (Å²) in [6, 6.07) is -0.237. The highest BCUT2D eigenvalue weighted by atomic mass is 35.5. The van der Waals surface area contributed by atoms with Crippen molar-refractivity contribution in [3.8, 4) is 5.88 Å². The first kappa shape index (κ1) is 27.0. The number of aromatic nitrogens is 2. The molecule has 1 amide bonds. The van der Waals surface area contributed by atoms with E-state index in [1.807, 2.05) is 60.5 Å². The van der Waals surface area contributed by atoms with E-state index in [0.29, 0.717) is 41.1 Å². The average Bonchev–Trinajstić information content (AvgIpc) is 2.76. The van der Waals surface area contributed by atoms with E-state index >= 15 is 4.39 Å². The van der Waals surface area contributed by atoms with Gasteiger partial charge in [0.15, 0.2) is 11.0 Å². The molecule has 3 rings (SSSR count). The summed E-state index contributed by atoms with van der Waals surface area (Å²) in [4.78, 5) is 25.7. The third-order valence-corrected chi connectivity index (χ3v) is 6.55. The second-order valence-corrected chi connectivity index (χ2v) is 10.8.